The van der Waals surface area contributed by atoms with Crippen LogP contribution in [0.25, 0.3) is 27.8 Å². The molecule has 0 spiro atoms. The van der Waals surface area contributed by atoms with Gasteiger partial charge in [-0.2, -0.15) is 10.2 Å². The molecule has 0 aliphatic carbocycles. The standard InChI is InChI=1S/C21H23FN6.FH/c1-13-8-19(24-28-11-14(2)23-21(13)28)15-9-16-12-27(25-20(16)18(22)10-15)17-4-6-26(3)7-5-17;/h8-12,17H,4-7H2,1-3H3;1H. The molecule has 4 heterocycles. The highest BCUT2D eigenvalue weighted by molar-refractivity contribution is 5.84. The van der Waals surface area contributed by atoms with Crippen molar-refractivity contribution in [3.8, 4) is 11.3 Å². The highest BCUT2D eigenvalue weighted by Gasteiger charge is 2.20. The SMILES string of the molecule is Cc1cn2nc(-c3cc(F)c4nn(C5CCN(C)CC5)cc4c3)cc(C)c2n1.F. The first-order valence-corrected chi connectivity index (χ1v) is 9.69. The molecule has 8 heteroatoms. The molecule has 0 bridgehead atoms. The summed E-state index contributed by atoms with van der Waals surface area (Å²) < 4.78 is 18.6. The van der Waals surface area contributed by atoms with E-state index in [4.69, 9.17) is 0 Å². The highest BCUT2D eigenvalue weighted by atomic mass is 19.1. The van der Waals surface area contributed by atoms with Gasteiger partial charge in [0.2, 0.25) is 0 Å². The maximum atomic E-state index is 14.9. The molecule has 1 aliphatic rings. The Morgan fingerprint density at radius 3 is 2.55 bits per heavy atom. The molecule has 1 aromatic carbocycles. The Bertz CT molecular complexity index is 1190. The number of aromatic nitrogens is 5. The zero-order valence-corrected chi connectivity index (χ0v) is 16.8. The Balaban J connectivity index is 0.00000205. The molecule has 5 rings (SSSR count). The van der Waals surface area contributed by atoms with E-state index in [1.807, 2.05) is 43.1 Å². The third kappa shape index (κ3) is 3.37. The van der Waals surface area contributed by atoms with Gasteiger partial charge in [0.1, 0.15) is 5.52 Å². The van der Waals surface area contributed by atoms with Crippen molar-refractivity contribution in [2.75, 3.05) is 20.1 Å². The van der Waals surface area contributed by atoms with Gasteiger partial charge in [-0.05, 0) is 70.6 Å². The summed E-state index contributed by atoms with van der Waals surface area (Å²) in [6, 6.07) is 5.81. The summed E-state index contributed by atoms with van der Waals surface area (Å²) in [7, 11) is 2.13. The van der Waals surface area contributed by atoms with Crippen LogP contribution in [0.5, 0.6) is 0 Å². The van der Waals surface area contributed by atoms with Gasteiger partial charge in [-0.15, -0.1) is 0 Å². The van der Waals surface area contributed by atoms with Crippen molar-refractivity contribution in [2.24, 2.45) is 0 Å². The summed E-state index contributed by atoms with van der Waals surface area (Å²) in [4.78, 5) is 6.80. The fourth-order valence-corrected chi connectivity index (χ4v) is 4.09. The number of benzene rings is 1. The van der Waals surface area contributed by atoms with Crippen LogP contribution < -0.4 is 0 Å². The number of rotatable bonds is 2. The van der Waals surface area contributed by atoms with Crippen molar-refractivity contribution in [3.05, 3.63) is 47.7 Å². The molecule has 1 aliphatic heterocycles. The largest absolute Gasteiger partial charge is 0.306 e. The predicted molar refractivity (Wildman–Crippen MR) is 109 cm³/mol. The number of nitrogens with zero attached hydrogens (tertiary/aromatic N) is 6. The van der Waals surface area contributed by atoms with Gasteiger partial charge >= 0.3 is 0 Å². The van der Waals surface area contributed by atoms with Crippen LogP contribution in [-0.2, 0) is 0 Å². The molecule has 0 amide bonds. The first-order valence-electron chi connectivity index (χ1n) is 9.69. The van der Waals surface area contributed by atoms with Gasteiger partial charge in [0.05, 0.1) is 23.6 Å². The highest BCUT2D eigenvalue weighted by Crippen LogP contribution is 2.29. The lowest BCUT2D eigenvalue weighted by atomic mass is 10.1. The van der Waals surface area contributed by atoms with Crippen LogP contribution in [0, 0.1) is 19.7 Å². The Kier molecular flexibility index (Phi) is 4.82. The molecule has 0 atom stereocenters. The van der Waals surface area contributed by atoms with E-state index in [2.05, 4.69) is 27.1 Å². The van der Waals surface area contributed by atoms with Crippen molar-refractivity contribution >= 4 is 16.6 Å². The number of imidazole rings is 1. The number of hydrogen-bond acceptors (Lipinski definition) is 4. The molecule has 1 fully saturated rings. The number of piperidine rings is 1. The molecule has 0 unspecified atom stereocenters. The van der Waals surface area contributed by atoms with Crippen LogP contribution in [-0.4, -0.2) is 49.4 Å². The van der Waals surface area contributed by atoms with Crippen molar-refractivity contribution in [2.45, 2.75) is 32.7 Å². The van der Waals surface area contributed by atoms with Gasteiger partial charge in [-0.1, -0.05) is 0 Å². The lowest BCUT2D eigenvalue weighted by molar-refractivity contribution is 0.213. The molecule has 152 valence electrons. The number of halogens is 2. The third-order valence-electron chi connectivity index (χ3n) is 5.67. The monoisotopic (exact) mass is 398 g/mol. The molecular weight excluding hydrogens is 374 g/mol. The predicted octanol–water partition coefficient (Wildman–Crippen LogP) is 3.92. The van der Waals surface area contributed by atoms with E-state index >= 15 is 0 Å². The summed E-state index contributed by atoms with van der Waals surface area (Å²) in [5, 5.41) is 10.0. The molecule has 29 heavy (non-hydrogen) atoms. The maximum absolute atomic E-state index is 14.9. The smallest absolute Gasteiger partial charge is 0.156 e. The fraction of sp³-hybridized carbons (Fsp3) is 0.381. The van der Waals surface area contributed by atoms with Crippen LogP contribution in [0.4, 0.5) is 9.09 Å². The third-order valence-corrected chi connectivity index (χ3v) is 5.67. The Labute approximate surface area is 167 Å². The van der Waals surface area contributed by atoms with Crippen molar-refractivity contribution < 1.29 is 9.09 Å². The summed E-state index contributed by atoms with van der Waals surface area (Å²) in [6.07, 6.45) is 5.94. The second kappa shape index (κ2) is 7.18. The molecule has 6 nitrogen and oxygen atoms in total. The fourth-order valence-electron chi connectivity index (χ4n) is 4.09. The van der Waals surface area contributed by atoms with Crippen LogP contribution in [0.2, 0.25) is 0 Å². The number of fused-ring (bicyclic) bond motifs is 2. The van der Waals surface area contributed by atoms with Gasteiger partial charge in [0, 0.05) is 17.1 Å². The van der Waals surface area contributed by atoms with Gasteiger partial charge in [0.25, 0.3) is 0 Å². The average molecular weight is 398 g/mol. The van der Waals surface area contributed by atoms with E-state index in [-0.39, 0.29) is 10.5 Å². The van der Waals surface area contributed by atoms with E-state index in [9.17, 15) is 4.39 Å². The van der Waals surface area contributed by atoms with E-state index in [1.54, 1.807) is 4.52 Å². The Morgan fingerprint density at radius 2 is 1.79 bits per heavy atom. The first-order chi connectivity index (χ1) is 13.5. The summed E-state index contributed by atoms with van der Waals surface area (Å²) in [5.74, 6) is -0.305. The minimum absolute atomic E-state index is 0. The van der Waals surface area contributed by atoms with Crippen LogP contribution in [0.3, 0.4) is 0 Å². The summed E-state index contributed by atoms with van der Waals surface area (Å²) in [5.41, 5.74) is 4.67. The number of likely N-dealkylation sites (tertiary alicyclic amines) is 1. The number of hydrogen-bond donors (Lipinski definition) is 0. The average Bonchev–Trinajstić information content (AvgIpc) is 3.26. The molecule has 1 saturated heterocycles. The van der Waals surface area contributed by atoms with Crippen molar-refractivity contribution in [3.63, 3.8) is 0 Å². The molecule has 3 aromatic heterocycles. The van der Waals surface area contributed by atoms with E-state index in [0.29, 0.717) is 11.6 Å². The second-order valence-electron chi connectivity index (χ2n) is 7.90. The minimum atomic E-state index is -0.305. The summed E-state index contributed by atoms with van der Waals surface area (Å²) >= 11 is 0. The molecule has 0 N–H and O–H groups in total. The van der Waals surface area contributed by atoms with Crippen LogP contribution in [0.1, 0.15) is 30.1 Å². The van der Waals surface area contributed by atoms with Gasteiger partial charge < -0.3 is 4.90 Å². The zero-order valence-electron chi connectivity index (χ0n) is 16.8. The lowest BCUT2D eigenvalue weighted by Gasteiger charge is -2.28. The van der Waals surface area contributed by atoms with Gasteiger partial charge in [-0.25, -0.2) is 13.9 Å². The van der Waals surface area contributed by atoms with Crippen LogP contribution in [0.15, 0.2) is 30.6 Å². The molecule has 0 saturated carbocycles. The lowest BCUT2D eigenvalue weighted by Crippen LogP contribution is -2.31. The number of aryl methyl sites for hydroxylation is 2. The molecular formula is C21H24F2N6. The van der Waals surface area contributed by atoms with Crippen molar-refractivity contribution in [1.82, 2.24) is 29.3 Å². The maximum Gasteiger partial charge on any atom is 0.156 e. The quantitative estimate of drug-likeness (QED) is 0.514. The minimum Gasteiger partial charge on any atom is -0.306 e. The van der Waals surface area contributed by atoms with E-state index in [0.717, 1.165) is 59.5 Å². The zero-order chi connectivity index (χ0) is 19.4. The molecule has 4 aromatic rings. The second-order valence-corrected chi connectivity index (χ2v) is 7.90. The van der Waals surface area contributed by atoms with Crippen molar-refractivity contribution in [1.29, 1.82) is 0 Å². The Morgan fingerprint density at radius 1 is 1.03 bits per heavy atom. The topological polar surface area (TPSA) is 51.3 Å². The van der Waals surface area contributed by atoms with E-state index < -0.39 is 0 Å². The molecule has 0 radical (unpaired) electrons. The normalized spacial score (nSPS) is 15.9. The Hall–Kier alpha value is -2.87. The van der Waals surface area contributed by atoms with Crippen LogP contribution >= 0.6 is 0 Å². The van der Waals surface area contributed by atoms with Gasteiger partial charge in [0.15, 0.2) is 11.5 Å². The summed E-state index contributed by atoms with van der Waals surface area (Å²) in [6.45, 7) is 6.03. The van der Waals surface area contributed by atoms with Gasteiger partial charge in [-0.3, -0.25) is 9.39 Å². The van der Waals surface area contributed by atoms with E-state index in [1.165, 1.54) is 6.07 Å². The first kappa shape index (κ1) is 19.4.